The second-order valence-corrected chi connectivity index (χ2v) is 7.42. The number of thioether (sulfide) groups is 1. The zero-order valence-electron chi connectivity index (χ0n) is 12.5. The minimum absolute atomic E-state index is 0.115. The van der Waals surface area contributed by atoms with E-state index in [9.17, 15) is 4.79 Å². The van der Waals surface area contributed by atoms with Crippen molar-refractivity contribution >= 4 is 34.7 Å². The molecule has 1 aliphatic rings. The average Bonchev–Trinajstić information content (AvgIpc) is 2.97. The van der Waals surface area contributed by atoms with E-state index in [2.05, 4.69) is 10.2 Å². The second kappa shape index (κ2) is 6.66. The maximum Gasteiger partial charge on any atom is 0.237 e. The number of aromatic nitrogens is 2. The van der Waals surface area contributed by atoms with Crippen LogP contribution < -0.4 is 9.64 Å². The Morgan fingerprint density at radius 3 is 3.05 bits per heavy atom. The minimum Gasteiger partial charge on any atom is -0.497 e. The Labute approximate surface area is 137 Å². The first-order valence-electron chi connectivity index (χ1n) is 7.07. The van der Waals surface area contributed by atoms with Gasteiger partial charge in [0, 0.05) is 12.2 Å². The van der Waals surface area contributed by atoms with Gasteiger partial charge in [-0.2, -0.15) is 0 Å². The number of fused-ring (bicyclic) bond motifs is 1. The van der Waals surface area contributed by atoms with Crippen LogP contribution in [-0.2, 0) is 11.2 Å². The molecule has 2 heterocycles. The zero-order valence-corrected chi connectivity index (χ0v) is 14.2. The highest BCUT2D eigenvalue weighted by atomic mass is 32.2. The van der Waals surface area contributed by atoms with Gasteiger partial charge in [0.1, 0.15) is 10.8 Å². The molecule has 7 heteroatoms. The molecule has 1 aliphatic heterocycles. The summed E-state index contributed by atoms with van der Waals surface area (Å²) in [7, 11) is 1.66. The Hall–Kier alpha value is -1.60. The van der Waals surface area contributed by atoms with Crippen LogP contribution in [-0.4, -0.2) is 35.5 Å². The third-order valence-corrected chi connectivity index (χ3v) is 5.49. The molecular weight excluding hydrogens is 318 g/mol. The van der Waals surface area contributed by atoms with E-state index in [1.54, 1.807) is 7.11 Å². The molecule has 116 valence electrons. The second-order valence-electron chi connectivity index (χ2n) is 5.02. The normalized spacial score (nSPS) is 13.8. The number of hydrogen-bond acceptors (Lipinski definition) is 6. The quantitative estimate of drug-likeness (QED) is 0.804. The molecule has 0 N–H and O–H groups in total. The van der Waals surface area contributed by atoms with Gasteiger partial charge in [0.05, 0.1) is 12.9 Å². The molecule has 22 heavy (non-hydrogen) atoms. The van der Waals surface area contributed by atoms with Gasteiger partial charge in [0.2, 0.25) is 5.91 Å². The van der Waals surface area contributed by atoms with Gasteiger partial charge in [0.15, 0.2) is 4.34 Å². The fourth-order valence-corrected chi connectivity index (χ4v) is 4.19. The number of benzene rings is 1. The van der Waals surface area contributed by atoms with Crippen molar-refractivity contribution in [3.8, 4) is 5.75 Å². The molecule has 1 aromatic heterocycles. The first-order valence-corrected chi connectivity index (χ1v) is 8.88. The first kappa shape index (κ1) is 15.3. The molecule has 3 rings (SSSR count). The van der Waals surface area contributed by atoms with Crippen molar-refractivity contribution in [2.24, 2.45) is 0 Å². The van der Waals surface area contributed by atoms with E-state index in [0.717, 1.165) is 40.2 Å². The Bertz CT molecular complexity index is 687. The lowest BCUT2D eigenvalue weighted by Crippen LogP contribution is -2.36. The van der Waals surface area contributed by atoms with E-state index in [-0.39, 0.29) is 5.91 Å². The molecule has 0 saturated carbocycles. The molecular formula is C15H17N3O2S2. The SMILES string of the molecule is COc1ccc2c(c1)CCCN2C(=O)CSc1nnc(C)s1. The zero-order chi connectivity index (χ0) is 15.5. The fourth-order valence-electron chi connectivity index (χ4n) is 2.50. The first-order chi connectivity index (χ1) is 10.7. The predicted octanol–water partition coefficient (Wildman–Crippen LogP) is 2.93. The van der Waals surface area contributed by atoms with Crippen LogP contribution in [0.2, 0.25) is 0 Å². The average molecular weight is 335 g/mol. The minimum atomic E-state index is 0.115. The summed E-state index contributed by atoms with van der Waals surface area (Å²) in [6.45, 7) is 2.69. The molecule has 0 atom stereocenters. The van der Waals surface area contributed by atoms with Crippen molar-refractivity contribution in [2.75, 3.05) is 24.3 Å². The van der Waals surface area contributed by atoms with Gasteiger partial charge in [0.25, 0.3) is 0 Å². The molecule has 0 aliphatic carbocycles. The van der Waals surface area contributed by atoms with E-state index in [1.807, 2.05) is 30.0 Å². The smallest absolute Gasteiger partial charge is 0.237 e. The van der Waals surface area contributed by atoms with Crippen molar-refractivity contribution in [3.63, 3.8) is 0 Å². The summed E-state index contributed by atoms with van der Waals surface area (Å²) < 4.78 is 6.11. The van der Waals surface area contributed by atoms with E-state index in [1.165, 1.54) is 28.7 Å². The number of carbonyl (C=O) groups excluding carboxylic acids is 1. The summed E-state index contributed by atoms with van der Waals surface area (Å²) in [4.78, 5) is 14.4. The van der Waals surface area contributed by atoms with Crippen LogP contribution in [0.3, 0.4) is 0 Å². The van der Waals surface area contributed by atoms with E-state index in [4.69, 9.17) is 4.74 Å². The van der Waals surface area contributed by atoms with Gasteiger partial charge in [-0.25, -0.2) is 0 Å². The third-order valence-electron chi connectivity index (χ3n) is 3.53. The van der Waals surface area contributed by atoms with E-state index in [0.29, 0.717) is 5.75 Å². The number of methoxy groups -OCH3 is 1. The molecule has 0 spiro atoms. The Kier molecular flexibility index (Phi) is 4.63. The largest absolute Gasteiger partial charge is 0.497 e. The molecule has 1 aromatic carbocycles. The highest BCUT2D eigenvalue weighted by molar-refractivity contribution is 8.01. The van der Waals surface area contributed by atoms with Gasteiger partial charge in [-0.3, -0.25) is 4.79 Å². The molecule has 0 unspecified atom stereocenters. The monoisotopic (exact) mass is 335 g/mol. The lowest BCUT2D eigenvalue weighted by molar-refractivity contribution is -0.116. The highest BCUT2D eigenvalue weighted by Gasteiger charge is 2.23. The van der Waals surface area contributed by atoms with Crippen molar-refractivity contribution < 1.29 is 9.53 Å². The summed E-state index contributed by atoms with van der Waals surface area (Å²) in [5, 5.41) is 8.94. The van der Waals surface area contributed by atoms with Crippen molar-refractivity contribution in [1.82, 2.24) is 10.2 Å². The standard InChI is InChI=1S/C15H17N3O2S2/c1-10-16-17-15(22-10)21-9-14(19)18-7-3-4-11-8-12(20-2)5-6-13(11)18/h5-6,8H,3-4,7,9H2,1-2H3. The summed E-state index contributed by atoms with van der Waals surface area (Å²) in [5.74, 6) is 1.34. The number of nitrogens with zero attached hydrogens (tertiary/aromatic N) is 3. The van der Waals surface area contributed by atoms with Crippen LogP contribution in [0, 0.1) is 6.92 Å². The fraction of sp³-hybridized carbons (Fsp3) is 0.400. The molecule has 5 nitrogen and oxygen atoms in total. The van der Waals surface area contributed by atoms with Crippen molar-refractivity contribution in [1.29, 1.82) is 0 Å². The van der Waals surface area contributed by atoms with Crippen molar-refractivity contribution in [2.45, 2.75) is 24.1 Å². The summed E-state index contributed by atoms with van der Waals surface area (Å²) >= 11 is 2.97. The van der Waals surface area contributed by atoms with Gasteiger partial charge in [-0.15, -0.1) is 10.2 Å². The molecule has 0 bridgehead atoms. The molecule has 0 radical (unpaired) electrons. The van der Waals surface area contributed by atoms with Crippen LogP contribution in [0.1, 0.15) is 17.0 Å². The lowest BCUT2D eigenvalue weighted by Gasteiger charge is -2.29. The number of carbonyl (C=O) groups is 1. The van der Waals surface area contributed by atoms with Crippen LogP contribution in [0.5, 0.6) is 5.75 Å². The highest BCUT2D eigenvalue weighted by Crippen LogP contribution is 2.31. The van der Waals surface area contributed by atoms with Crippen molar-refractivity contribution in [3.05, 3.63) is 28.8 Å². The van der Waals surface area contributed by atoms with Gasteiger partial charge in [-0.1, -0.05) is 23.1 Å². The van der Waals surface area contributed by atoms with Gasteiger partial charge in [-0.05, 0) is 43.5 Å². The lowest BCUT2D eigenvalue weighted by atomic mass is 10.0. The number of amides is 1. The summed E-state index contributed by atoms with van der Waals surface area (Å²) in [5.41, 5.74) is 2.18. The Balaban J connectivity index is 1.71. The van der Waals surface area contributed by atoms with Crippen LogP contribution >= 0.6 is 23.1 Å². The number of rotatable bonds is 4. The van der Waals surface area contributed by atoms with Gasteiger partial charge < -0.3 is 9.64 Å². The molecule has 2 aromatic rings. The van der Waals surface area contributed by atoms with E-state index < -0.39 is 0 Å². The van der Waals surface area contributed by atoms with Crippen LogP contribution in [0.25, 0.3) is 0 Å². The molecule has 0 fully saturated rings. The van der Waals surface area contributed by atoms with Crippen LogP contribution in [0.4, 0.5) is 5.69 Å². The molecule has 1 amide bonds. The Morgan fingerprint density at radius 2 is 2.32 bits per heavy atom. The number of hydrogen-bond donors (Lipinski definition) is 0. The number of anilines is 1. The number of aryl methyl sites for hydroxylation is 2. The molecule has 0 saturated heterocycles. The topological polar surface area (TPSA) is 55.3 Å². The maximum atomic E-state index is 12.5. The predicted molar refractivity (Wildman–Crippen MR) is 89.0 cm³/mol. The Morgan fingerprint density at radius 1 is 1.45 bits per heavy atom. The summed E-state index contributed by atoms with van der Waals surface area (Å²) in [6, 6.07) is 5.91. The summed E-state index contributed by atoms with van der Waals surface area (Å²) in [6.07, 6.45) is 1.97. The number of ether oxygens (including phenoxy) is 1. The van der Waals surface area contributed by atoms with Crippen LogP contribution in [0.15, 0.2) is 22.5 Å². The third kappa shape index (κ3) is 3.25. The maximum absolute atomic E-state index is 12.5. The van der Waals surface area contributed by atoms with Gasteiger partial charge >= 0.3 is 0 Å². The van der Waals surface area contributed by atoms with E-state index >= 15 is 0 Å².